The van der Waals surface area contributed by atoms with E-state index in [-0.39, 0.29) is 10.6 Å². The zero-order valence-electron chi connectivity index (χ0n) is 10.00. The molecule has 0 spiro atoms. The Balaban J connectivity index is 2.15. The van der Waals surface area contributed by atoms with Crippen LogP contribution < -0.4 is 0 Å². The fourth-order valence-electron chi connectivity index (χ4n) is 1.69. The number of rotatable bonds is 4. The summed E-state index contributed by atoms with van der Waals surface area (Å²) < 4.78 is 0. The van der Waals surface area contributed by atoms with Crippen LogP contribution in [0.25, 0.3) is 0 Å². The van der Waals surface area contributed by atoms with Gasteiger partial charge in [0.15, 0.2) is 0 Å². The number of thioether (sulfide) groups is 1. The predicted molar refractivity (Wildman–Crippen MR) is 73.8 cm³/mol. The van der Waals surface area contributed by atoms with Crippen molar-refractivity contribution >= 4 is 17.4 Å². The SMILES string of the molecule is Cc1c(SCc2ccccc2)cccc1[N+](=O)[O-]. The van der Waals surface area contributed by atoms with Crippen LogP contribution in [0.15, 0.2) is 53.4 Å². The lowest BCUT2D eigenvalue weighted by Crippen LogP contribution is -1.93. The van der Waals surface area contributed by atoms with Gasteiger partial charge in [-0.1, -0.05) is 36.4 Å². The molecular formula is C14H13NO2S. The highest BCUT2D eigenvalue weighted by atomic mass is 32.2. The maximum absolute atomic E-state index is 10.8. The van der Waals surface area contributed by atoms with E-state index < -0.39 is 0 Å². The Labute approximate surface area is 110 Å². The molecule has 0 radical (unpaired) electrons. The minimum atomic E-state index is -0.331. The maximum atomic E-state index is 10.8. The summed E-state index contributed by atoms with van der Waals surface area (Å²) in [6.07, 6.45) is 0. The average molecular weight is 259 g/mol. The molecule has 2 aromatic rings. The van der Waals surface area contributed by atoms with Gasteiger partial charge >= 0.3 is 0 Å². The lowest BCUT2D eigenvalue weighted by atomic mass is 10.2. The molecule has 0 fully saturated rings. The summed E-state index contributed by atoms with van der Waals surface area (Å²) in [5.41, 5.74) is 2.14. The highest BCUT2D eigenvalue weighted by Crippen LogP contribution is 2.30. The second kappa shape index (κ2) is 5.69. The quantitative estimate of drug-likeness (QED) is 0.469. The van der Waals surface area contributed by atoms with Crippen molar-refractivity contribution in [1.82, 2.24) is 0 Å². The van der Waals surface area contributed by atoms with Crippen molar-refractivity contribution in [3.63, 3.8) is 0 Å². The first-order valence-corrected chi connectivity index (χ1v) is 6.58. The number of nitrogens with zero attached hydrogens (tertiary/aromatic N) is 1. The summed E-state index contributed by atoms with van der Waals surface area (Å²) in [4.78, 5) is 11.5. The molecule has 18 heavy (non-hydrogen) atoms. The van der Waals surface area contributed by atoms with E-state index in [4.69, 9.17) is 0 Å². The Hall–Kier alpha value is -1.81. The van der Waals surface area contributed by atoms with Crippen molar-refractivity contribution < 1.29 is 4.92 Å². The molecule has 4 heteroatoms. The van der Waals surface area contributed by atoms with Gasteiger partial charge in [0.2, 0.25) is 0 Å². The molecule has 0 amide bonds. The zero-order chi connectivity index (χ0) is 13.0. The van der Waals surface area contributed by atoms with Gasteiger partial charge in [0, 0.05) is 22.3 Å². The number of hydrogen-bond acceptors (Lipinski definition) is 3. The fourth-order valence-corrected chi connectivity index (χ4v) is 2.70. The first kappa shape index (κ1) is 12.6. The van der Waals surface area contributed by atoms with E-state index in [2.05, 4.69) is 12.1 Å². The van der Waals surface area contributed by atoms with Crippen LogP contribution in [0.2, 0.25) is 0 Å². The second-order valence-electron chi connectivity index (χ2n) is 3.93. The molecule has 0 bridgehead atoms. The molecular weight excluding hydrogens is 246 g/mol. The van der Waals surface area contributed by atoms with Crippen LogP contribution in [0.3, 0.4) is 0 Å². The third-order valence-electron chi connectivity index (χ3n) is 2.69. The van der Waals surface area contributed by atoms with Crippen LogP contribution in [-0.4, -0.2) is 4.92 Å². The van der Waals surface area contributed by atoms with Gasteiger partial charge < -0.3 is 0 Å². The minimum Gasteiger partial charge on any atom is -0.258 e. The van der Waals surface area contributed by atoms with E-state index in [1.165, 1.54) is 5.56 Å². The molecule has 2 aromatic carbocycles. The van der Waals surface area contributed by atoms with Crippen LogP contribution in [0, 0.1) is 17.0 Å². The lowest BCUT2D eigenvalue weighted by molar-refractivity contribution is -0.385. The van der Waals surface area contributed by atoms with Crippen LogP contribution in [0.1, 0.15) is 11.1 Å². The van der Waals surface area contributed by atoms with E-state index in [0.29, 0.717) is 0 Å². The third-order valence-corrected chi connectivity index (χ3v) is 3.92. The van der Waals surface area contributed by atoms with Gasteiger partial charge in [-0.3, -0.25) is 10.1 Å². The van der Waals surface area contributed by atoms with Gasteiger partial charge in [0.25, 0.3) is 5.69 Å². The molecule has 0 N–H and O–H groups in total. The Bertz CT molecular complexity index is 555. The van der Waals surface area contributed by atoms with Crippen LogP contribution >= 0.6 is 11.8 Å². The molecule has 0 atom stereocenters. The maximum Gasteiger partial charge on any atom is 0.273 e. The smallest absolute Gasteiger partial charge is 0.258 e. The zero-order valence-corrected chi connectivity index (χ0v) is 10.8. The van der Waals surface area contributed by atoms with Crippen LogP contribution in [-0.2, 0) is 5.75 Å². The summed E-state index contributed by atoms with van der Waals surface area (Å²) in [6, 6.07) is 15.3. The Kier molecular flexibility index (Phi) is 3.99. The van der Waals surface area contributed by atoms with E-state index in [1.807, 2.05) is 24.3 Å². The van der Waals surface area contributed by atoms with Gasteiger partial charge in [0.1, 0.15) is 0 Å². The predicted octanol–water partition coefficient (Wildman–Crippen LogP) is 4.20. The summed E-state index contributed by atoms with van der Waals surface area (Å²) in [5, 5.41) is 10.8. The van der Waals surface area contributed by atoms with E-state index in [0.717, 1.165) is 16.2 Å². The van der Waals surface area contributed by atoms with Gasteiger partial charge in [-0.15, -0.1) is 11.8 Å². The van der Waals surface area contributed by atoms with E-state index in [1.54, 1.807) is 30.8 Å². The van der Waals surface area contributed by atoms with Crippen molar-refractivity contribution in [3.8, 4) is 0 Å². The first-order chi connectivity index (χ1) is 8.68. The summed E-state index contributed by atoms with van der Waals surface area (Å²) in [6.45, 7) is 1.80. The van der Waals surface area contributed by atoms with Gasteiger partial charge in [0.05, 0.1) is 4.92 Å². The van der Waals surface area contributed by atoms with Gasteiger partial charge in [-0.25, -0.2) is 0 Å². The molecule has 0 saturated carbocycles. The number of hydrogen-bond donors (Lipinski definition) is 0. The standard InChI is InChI=1S/C14H13NO2S/c1-11-13(15(16)17)8-5-9-14(11)18-10-12-6-3-2-4-7-12/h2-9H,10H2,1H3. The number of nitro groups is 1. The molecule has 0 heterocycles. The summed E-state index contributed by atoms with van der Waals surface area (Å²) in [5.74, 6) is 0.822. The van der Waals surface area contributed by atoms with Gasteiger partial charge in [-0.2, -0.15) is 0 Å². The molecule has 0 aliphatic carbocycles. The summed E-state index contributed by atoms with van der Waals surface area (Å²) >= 11 is 1.63. The van der Waals surface area contributed by atoms with Crippen molar-refractivity contribution in [2.75, 3.05) is 0 Å². The molecule has 0 unspecified atom stereocenters. The first-order valence-electron chi connectivity index (χ1n) is 5.59. The van der Waals surface area contributed by atoms with Crippen molar-refractivity contribution in [1.29, 1.82) is 0 Å². The lowest BCUT2D eigenvalue weighted by Gasteiger charge is -2.06. The van der Waals surface area contributed by atoms with Gasteiger partial charge in [-0.05, 0) is 18.6 Å². The Morgan fingerprint density at radius 3 is 2.50 bits per heavy atom. The normalized spacial score (nSPS) is 10.3. The topological polar surface area (TPSA) is 43.1 Å². The fraction of sp³-hybridized carbons (Fsp3) is 0.143. The Morgan fingerprint density at radius 2 is 1.83 bits per heavy atom. The molecule has 0 aromatic heterocycles. The minimum absolute atomic E-state index is 0.188. The average Bonchev–Trinajstić information content (AvgIpc) is 2.38. The summed E-state index contributed by atoms with van der Waals surface area (Å²) in [7, 11) is 0. The molecule has 0 saturated heterocycles. The molecule has 2 rings (SSSR count). The van der Waals surface area contributed by atoms with Crippen molar-refractivity contribution in [3.05, 3.63) is 69.8 Å². The molecule has 3 nitrogen and oxygen atoms in total. The number of benzene rings is 2. The second-order valence-corrected chi connectivity index (χ2v) is 4.95. The molecule has 92 valence electrons. The highest BCUT2D eigenvalue weighted by molar-refractivity contribution is 7.98. The Morgan fingerprint density at radius 1 is 1.11 bits per heavy atom. The van der Waals surface area contributed by atoms with Crippen molar-refractivity contribution in [2.45, 2.75) is 17.6 Å². The van der Waals surface area contributed by atoms with E-state index in [9.17, 15) is 10.1 Å². The largest absolute Gasteiger partial charge is 0.273 e. The molecule has 0 aliphatic heterocycles. The number of nitro benzene ring substituents is 1. The van der Waals surface area contributed by atoms with E-state index >= 15 is 0 Å². The monoisotopic (exact) mass is 259 g/mol. The highest BCUT2D eigenvalue weighted by Gasteiger charge is 2.13. The van der Waals surface area contributed by atoms with Crippen molar-refractivity contribution in [2.24, 2.45) is 0 Å². The third kappa shape index (κ3) is 2.90. The van der Waals surface area contributed by atoms with Crippen LogP contribution in [0.4, 0.5) is 5.69 Å². The molecule has 0 aliphatic rings. The van der Waals surface area contributed by atoms with Crippen LogP contribution in [0.5, 0.6) is 0 Å².